The smallest absolute Gasteiger partial charge is 0.223 e. The van der Waals surface area contributed by atoms with Gasteiger partial charge in [-0.15, -0.1) is 0 Å². The Kier molecular flexibility index (Phi) is 5.80. The maximum absolute atomic E-state index is 12.3. The standard InChI is InChI=1S/C13H25NO2S/c1-4-11(2)14(7-8-16-3)12(15)9-13(10-17)5-6-13/h11,17H,4-10H2,1-3H3. The Bertz CT molecular complexity index is 254. The van der Waals surface area contributed by atoms with Crippen LogP contribution < -0.4 is 0 Å². The summed E-state index contributed by atoms with van der Waals surface area (Å²) in [5, 5.41) is 0. The molecular weight excluding hydrogens is 234 g/mol. The van der Waals surface area contributed by atoms with Crippen LogP contribution in [-0.2, 0) is 9.53 Å². The third-order valence-electron chi connectivity index (χ3n) is 3.80. The van der Waals surface area contributed by atoms with Gasteiger partial charge in [0.1, 0.15) is 0 Å². The summed E-state index contributed by atoms with van der Waals surface area (Å²) >= 11 is 4.36. The van der Waals surface area contributed by atoms with Crippen LogP contribution in [-0.4, -0.2) is 42.9 Å². The molecule has 0 saturated heterocycles. The van der Waals surface area contributed by atoms with Gasteiger partial charge in [-0.3, -0.25) is 4.79 Å². The molecule has 1 atom stereocenters. The number of nitrogens with zero attached hydrogens (tertiary/aromatic N) is 1. The van der Waals surface area contributed by atoms with Crippen molar-refractivity contribution >= 4 is 18.5 Å². The monoisotopic (exact) mass is 259 g/mol. The minimum atomic E-state index is 0.207. The van der Waals surface area contributed by atoms with Crippen LogP contribution in [0.2, 0.25) is 0 Å². The molecule has 4 heteroatoms. The van der Waals surface area contributed by atoms with Gasteiger partial charge in [0.2, 0.25) is 5.91 Å². The van der Waals surface area contributed by atoms with Crippen molar-refractivity contribution in [2.45, 2.75) is 45.6 Å². The summed E-state index contributed by atoms with van der Waals surface area (Å²) in [6.07, 6.45) is 3.95. The molecule has 0 radical (unpaired) electrons. The van der Waals surface area contributed by atoms with E-state index in [0.29, 0.717) is 25.6 Å². The van der Waals surface area contributed by atoms with Crippen LogP contribution >= 0.6 is 12.6 Å². The number of carbonyl (C=O) groups is 1. The predicted octanol–water partition coefficient (Wildman–Crippen LogP) is 2.36. The molecule has 0 N–H and O–H groups in total. The summed E-state index contributed by atoms with van der Waals surface area (Å²) in [7, 11) is 1.68. The van der Waals surface area contributed by atoms with E-state index >= 15 is 0 Å². The van der Waals surface area contributed by atoms with E-state index in [0.717, 1.165) is 25.0 Å². The van der Waals surface area contributed by atoms with Crippen LogP contribution in [0.3, 0.4) is 0 Å². The van der Waals surface area contributed by atoms with E-state index in [-0.39, 0.29) is 11.3 Å². The van der Waals surface area contributed by atoms with E-state index < -0.39 is 0 Å². The van der Waals surface area contributed by atoms with Gasteiger partial charge in [0.25, 0.3) is 0 Å². The molecule has 0 aliphatic heterocycles. The third kappa shape index (κ3) is 4.18. The van der Waals surface area contributed by atoms with E-state index in [2.05, 4.69) is 26.5 Å². The molecule has 17 heavy (non-hydrogen) atoms. The van der Waals surface area contributed by atoms with Gasteiger partial charge < -0.3 is 9.64 Å². The summed E-state index contributed by atoms with van der Waals surface area (Å²) in [6, 6.07) is 0.299. The van der Waals surface area contributed by atoms with Gasteiger partial charge in [0.05, 0.1) is 6.61 Å². The predicted molar refractivity (Wildman–Crippen MR) is 73.5 cm³/mol. The second-order valence-electron chi connectivity index (χ2n) is 5.17. The van der Waals surface area contributed by atoms with E-state index in [1.54, 1.807) is 7.11 Å². The first kappa shape index (κ1) is 14.8. The molecule has 1 aliphatic rings. The summed E-state index contributed by atoms with van der Waals surface area (Å²) in [6.45, 7) is 5.54. The normalized spacial score (nSPS) is 18.8. The second-order valence-corrected chi connectivity index (χ2v) is 5.49. The molecule has 0 aromatic carbocycles. The number of ether oxygens (including phenoxy) is 1. The van der Waals surface area contributed by atoms with Crippen molar-refractivity contribution in [2.24, 2.45) is 5.41 Å². The molecule has 0 bridgehead atoms. The van der Waals surface area contributed by atoms with E-state index in [1.807, 2.05) is 4.90 Å². The van der Waals surface area contributed by atoms with Gasteiger partial charge >= 0.3 is 0 Å². The van der Waals surface area contributed by atoms with Crippen molar-refractivity contribution in [3.63, 3.8) is 0 Å². The largest absolute Gasteiger partial charge is 0.383 e. The van der Waals surface area contributed by atoms with Gasteiger partial charge in [0, 0.05) is 26.1 Å². The lowest BCUT2D eigenvalue weighted by Gasteiger charge is -2.30. The lowest BCUT2D eigenvalue weighted by molar-refractivity contribution is -0.135. The van der Waals surface area contributed by atoms with Gasteiger partial charge in [-0.1, -0.05) is 6.92 Å². The Labute approximate surface area is 110 Å². The maximum atomic E-state index is 12.3. The zero-order valence-electron chi connectivity index (χ0n) is 11.2. The van der Waals surface area contributed by atoms with Crippen LogP contribution in [0.4, 0.5) is 0 Å². The molecular formula is C13H25NO2S. The Balaban J connectivity index is 2.52. The lowest BCUT2D eigenvalue weighted by atomic mass is 10.0. The molecule has 0 heterocycles. The van der Waals surface area contributed by atoms with Gasteiger partial charge in [-0.2, -0.15) is 12.6 Å². The van der Waals surface area contributed by atoms with Gasteiger partial charge in [-0.25, -0.2) is 0 Å². The number of amides is 1. The Hall–Kier alpha value is -0.220. The van der Waals surface area contributed by atoms with Crippen molar-refractivity contribution in [1.29, 1.82) is 0 Å². The zero-order chi connectivity index (χ0) is 12.9. The SMILES string of the molecule is CCC(C)N(CCOC)C(=O)CC1(CS)CC1. The van der Waals surface area contributed by atoms with E-state index in [4.69, 9.17) is 4.74 Å². The highest BCUT2D eigenvalue weighted by molar-refractivity contribution is 7.80. The minimum absolute atomic E-state index is 0.207. The molecule has 3 nitrogen and oxygen atoms in total. The lowest BCUT2D eigenvalue weighted by Crippen LogP contribution is -2.41. The molecule has 1 rings (SSSR count). The quantitative estimate of drug-likeness (QED) is 0.678. The number of hydrogen-bond donors (Lipinski definition) is 1. The van der Waals surface area contributed by atoms with E-state index in [9.17, 15) is 4.79 Å². The highest BCUT2D eigenvalue weighted by atomic mass is 32.1. The summed E-state index contributed by atoms with van der Waals surface area (Å²) < 4.78 is 5.08. The number of hydrogen-bond acceptors (Lipinski definition) is 3. The minimum Gasteiger partial charge on any atom is -0.383 e. The van der Waals surface area contributed by atoms with Crippen LogP contribution in [0.15, 0.2) is 0 Å². The molecule has 0 aromatic heterocycles. The molecule has 1 amide bonds. The summed E-state index contributed by atoms with van der Waals surface area (Å²) in [5.41, 5.74) is 0.207. The molecule has 1 unspecified atom stereocenters. The van der Waals surface area contributed by atoms with Crippen molar-refractivity contribution in [3.05, 3.63) is 0 Å². The first-order chi connectivity index (χ1) is 8.08. The molecule has 1 saturated carbocycles. The fourth-order valence-corrected chi connectivity index (χ4v) is 2.42. The molecule has 1 fully saturated rings. The summed E-state index contributed by atoms with van der Waals surface area (Å²) in [4.78, 5) is 14.3. The Morgan fingerprint density at radius 2 is 2.18 bits per heavy atom. The zero-order valence-corrected chi connectivity index (χ0v) is 12.1. The average molecular weight is 259 g/mol. The number of carbonyl (C=O) groups excluding carboxylic acids is 1. The Morgan fingerprint density at radius 3 is 2.59 bits per heavy atom. The van der Waals surface area contributed by atoms with Crippen molar-refractivity contribution < 1.29 is 9.53 Å². The van der Waals surface area contributed by atoms with Crippen molar-refractivity contribution in [3.8, 4) is 0 Å². The fraction of sp³-hybridized carbons (Fsp3) is 0.923. The second kappa shape index (κ2) is 6.64. The molecule has 100 valence electrons. The number of thiol groups is 1. The average Bonchev–Trinajstić information content (AvgIpc) is 3.09. The maximum Gasteiger partial charge on any atom is 0.223 e. The van der Waals surface area contributed by atoms with Gasteiger partial charge in [0.15, 0.2) is 0 Å². The number of methoxy groups -OCH3 is 1. The highest BCUT2D eigenvalue weighted by Crippen LogP contribution is 2.49. The van der Waals surface area contributed by atoms with Crippen LogP contribution in [0, 0.1) is 5.41 Å². The highest BCUT2D eigenvalue weighted by Gasteiger charge is 2.43. The third-order valence-corrected chi connectivity index (χ3v) is 4.47. The van der Waals surface area contributed by atoms with E-state index in [1.165, 1.54) is 0 Å². The van der Waals surface area contributed by atoms with Crippen molar-refractivity contribution in [1.82, 2.24) is 4.90 Å². The summed E-state index contributed by atoms with van der Waals surface area (Å²) in [5.74, 6) is 1.10. The molecule has 0 aromatic rings. The first-order valence-electron chi connectivity index (χ1n) is 6.48. The molecule has 0 spiro atoms. The van der Waals surface area contributed by atoms with Crippen LogP contribution in [0.1, 0.15) is 39.5 Å². The first-order valence-corrected chi connectivity index (χ1v) is 7.11. The topological polar surface area (TPSA) is 29.5 Å². The van der Waals surface area contributed by atoms with Gasteiger partial charge in [-0.05, 0) is 37.4 Å². The van der Waals surface area contributed by atoms with Crippen LogP contribution in [0.25, 0.3) is 0 Å². The molecule has 1 aliphatic carbocycles. The van der Waals surface area contributed by atoms with Crippen molar-refractivity contribution in [2.75, 3.05) is 26.0 Å². The Morgan fingerprint density at radius 1 is 1.53 bits per heavy atom. The van der Waals surface area contributed by atoms with Crippen LogP contribution in [0.5, 0.6) is 0 Å². The number of rotatable bonds is 8. The fourth-order valence-electron chi connectivity index (χ4n) is 1.99.